The summed E-state index contributed by atoms with van der Waals surface area (Å²) in [5, 5.41) is 0. The zero-order valence-electron chi connectivity index (χ0n) is 20.7. The molecule has 0 amide bonds. The predicted octanol–water partition coefficient (Wildman–Crippen LogP) is 6.45. The molecule has 0 spiro atoms. The van der Waals surface area contributed by atoms with Crippen LogP contribution in [0.4, 0.5) is 4.39 Å². The smallest absolute Gasteiger partial charge is 0.226 e. The maximum absolute atomic E-state index is 15.1. The van der Waals surface area contributed by atoms with E-state index in [-0.39, 0.29) is 23.2 Å². The molecule has 0 N–H and O–H groups in total. The predicted molar refractivity (Wildman–Crippen MR) is 135 cm³/mol. The van der Waals surface area contributed by atoms with Crippen LogP contribution in [0.1, 0.15) is 62.9 Å². The van der Waals surface area contributed by atoms with Gasteiger partial charge in [0.1, 0.15) is 5.82 Å². The molecule has 6 heteroatoms. The van der Waals surface area contributed by atoms with Gasteiger partial charge in [0.25, 0.3) is 0 Å². The summed E-state index contributed by atoms with van der Waals surface area (Å²) in [6, 6.07) is 10.6. The van der Waals surface area contributed by atoms with Gasteiger partial charge >= 0.3 is 0 Å². The fourth-order valence-electron chi connectivity index (χ4n) is 6.32. The van der Waals surface area contributed by atoms with Gasteiger partial charge in [-0.25, -0.2) is 19.2 Å². The molecule has 3 aliphatic rings. The molecule has 0 unspecified atom stereocenters. The second kappa shape index (κ2) is 7.89. The maximum atomic E-state index is 15.1. The second-order valence-corrected chi connectivity index (χ2v) is 11.0. The molecule has 180 valence electrons. The molecule has 3 aliphatic carbocycles. The number of Topliss-reactive ketones (excluding diaryl/α,β-unsaturated/α-hetero) is 1. The van der Waals surface area contributed by atoms with Crippen LogP contribution in [0.15, 0.2) is 54.4 Å². The number of rotatable bonds is 3. The van der Waals surface area contributed by atoms with Crippen LogP contribution in [0.5, 0.6) is 0 Å². The van der Waals surface area contributed by atoms with Crippen LogP contribution in [0.25, 0.3) is 27.5 Å². The molecule has 1 fully saturated rings. The topological polar surface area (TPSA) is 60.1 Å². The quantitative estimate of drug-likeness (QED) is 0.406. The second-order valence-electron chi connectivity index (χ2n) is 11.0. The number of pyridine rings is 1. The summed E-state index contributed by atoms with van der Waals surface area (Å²) >= 11 is 0. The number of carbonyl (C=O) groups excluding carboxylic acids is 1. The van der Waals surface area contributed by atoms with Gasteiger partial charge in [-0.15, -0.1) is 0 Å². The Balaban J connectivity index is 1.64. The number of carbonyl (C=O) groups is 1. The minimum atomic E-state index is -0.708. The number of fused-ring (bicyclic) bond motifs is 3. The van der Waals surface area contributed by atoms with Crippen molar-refractivity contribution in [3.05, 3.63) is 88.6 Å². The zero-order valence-corrected chi connectivity index (χ0v) is 20.7. The number of hydrogen-bond acceptors (Lipinski definition) is 4. The van der Waals surface area contributed by atoms with Gasteiger partial charge in [-0.2, -0.15) is 0 Å². The Bertz CT molecular complexity index is 1500. The van der Waals surface area contributed by atoms with Gasteiger partial charge in [-0.3, -0.25) is 4.98 Å². The van der Waals surface area contributed by atoms with Crippen LogP contribution >= 0.6 is 0 Å². The maximum Gasteiger partial charge on any atom is 0.226 e. The number of ketones is 1. The lowest BCUT2D eigenvalue weighted by atomic mass is 9.53. The van der Waals surface area contributed by atoms with Gasteiger partial charge in [0.2, 0.25) is 5.70 Å². The molecule has 0 bridgehead atoms. The SMILES string of the molecule is [C-]#[N+]C1=C[C@@]2(C)c3nc(-c4ccnc(C5CC5)c4)nc(-c4ccccc4F)c3CC[C@@H]2C(C)(C)C1=O. The molecule has 6 rings (SSSR count). The molecule has 1 saturated carbocycles. The Morgan fingerprint density at radius 1 is 1.08 bits per heavy atom. The first-order valence-corrected chi connectivity index (χ1v) is 12.5. The minimum Gasteiger partial charge on any atom is -0.307 e. The Labute approximate surface area is 210 Å². The zero-order chi connectivity index (χ0) is 25.2. The number of allylic oxidation sites excluding steroid dienone is 2. The minimum absolute atomic E-state index is 0.0359. The standard InChI is InChI=1S/C30H27FN4O/c1-29(2)24-12-11-20-25(19-7-5-6-8-21(19)31)34-28(18-13-14-33-22(15-18)17-9-10-17)35-26(20)30(24,3)16-23(32-4)27(29)36/h5-8,13-17,24H,9-12H2,1-3H3/t24-,30-/m1/s1. The third kappa shape index (κ3) is 3.33. The first-order chi connectivity index (χ1) is 17.2. The Morgan fingerprint density at radius 2 is 1.86 bits per heavy atom. The van der Waals surface area contributed by atoms with Gasteiger partial charge in [0.15, 0.2) is 11.6 Å². The molecule has 0 radical (unpaired) electrons. The third-order valence-corrected chi connectivity index (χ3v) is 8.33. The Kier molecular flexibility index (Phi) is 4.98. The van der Waals surface area contributed by atoms with Crippen LogP contribution in [-0.4, -0.2) is 20.7 Å². The van der Waals surface area contributed by atoms with Gasteiger partial charge in [-0.1, -0.05) is 39.0 Å². The van der Waals surface area contributed by atoms with E-state index in [1.54, 1.807) is 24.4 Å². The summed E-state index contributed by atoms with van der Waals surface area (Å²) in [5.74, 6) is 0.512. The van der Waals surface area contributed by atoms with Gasteiger partial charge in [0, 0.05) is 45.3 Å². The first-order valence-electron chi connectivity index (χ1n) is 12.5. The van der Waals surface area contributed by atoms with Crippen LogP contribution < -0.4 is 0 Å². The molecule has 2 atom stereocenters. The normalized spacial score (nSPS) is 24.4. The highest BCUT2D eigenvalue weighted by molar-refractivity contribution is 6.02. The Morgan fingerprint density at radius 3 is 2.58 bits per heavy atom. The van der Waals surface area contributed by atoms with E-state index in [4.69, 9.17) is 16.5 Å². The molecule has 1 aromatic carbocycles. The van der Waals surface area contributed by atoms with Crippen LogP contribution in [0.2, 0.25) is 0 Å². The monoisotopic (exact) mass is 478 g/mol. The van der Waals surface area contributed by atoms with Gasteiger partial charge in [-0.05, 0) is 55.9 Å². The lowest BCUT2D eigenvalue weighted by Gasteiger charge is -2.50. The number of benzene rings is 1. The fourth-order valence-corrected chi connectivity index (χ4v) is 6.32. The molecule has 36 heavy (non-hydrogen) atoms. The van der Waals surface area contributed by atoms with E-state index in [2.05, 4.69) is 16.8 Å². The number of aromatic nitrogens is 3. The van der Waals surface area contributed by atoms with Crippen molar-refractivity contribution in [1.29, 1.82) is 0 Å². The van der Waals surface area contributed by atoms with Crippen LogP contribution in [0.3, 0.4) is 0 Å². The summed E-state index contributed by atoms with van der Waals surface area (Å²) in [4.78, 5) is 31.3. The first kappa shape index (κ1) is 22.7. The lowest BCUT2D eigenvalue weighted by Crippen LogP contribution is -2.51. The van der Waals surface area contributed by atoms with E-state index in [0.717, 1.165) is 41.8 Å². The Hall–Kier alpha value is -3.72. The van der Waals surface area contributed by atoms with Crippen molar-refractivity contribution < 1.29 is 9.18 Å². The number of nitrogens with zero attached hydrogens (tertiary/aromatic N) is 4. The van der Waals surface area contributed by atoms with Crippen molar-refractivity contribution in [2.75, 3.05) is 0 Å². The summed E-state index contributed by atoms with van der Waals surface area (Å²) in [7, 11) is 0. The molecule has 3 aromatic rings. The van der Waals surface area contributed by atoms with Gasteiger partial charge < -0.3 is 4.79 Å². The van der Waals surface area contributed by atoms with Crippen molar-refractivity contribution in [3.8, 4) is 22.6 Å². The molecule has 0 saturated heterocycles. The average molecular weight is 479 g/mol. The van der Waals surface area contributed by atoms with Gasteiger partial charge in [0.05, 0.1) is 18.0 Å². The highest BCUT2D eigenvalue weighted by Crippen LogP contribution is 2.55. The van der Waals surface area contributed by atoms with Crippen molar-refractivity contribution in [3.63, 3.8) is 0 Å². The van der Waals surface area contributed by atoms with E-state index in [0.29, 0.717) is 29.4 Å². The van der Waals surface area contributed by atoms with Crippen LogP contribution in [0, 0.1) is 23.7 Å². The van der Waals surface area contributed by atoms with Crippen molar-refractivity contribution in [2.45, 2.75) is 57.8 Å². The van der Waals surface area contributed by atoms with E-state index < -0.39 is 10.8 Å². The van der Waals surface area contributed by atoms with E-state index in [9.17, 15) is 4.79 Å². The molecule has 2 heterocycles. The third-order valence-electron chi connectivity index (χ3n) is 8.33. The van der Waals surface area contributed by atoms with E-state index >= 15 is 4.39 Å². The van der Waals surface area contributed by atoms with Crippen molar-refractivity contribution in [2.24, 2.45) is 11.3 Å². The fraction of sp³-hybridized carbons (Fsp3) is 0.367. The van der Waals surface area contributed by atoms with Crippen molar-refractivity contribution >= 4 is 5.78 Å². The average Bonchev–Trinajstić information content (AvgIpc) is 3.72. The lowest BCUT2D eigenvalue weighted by molar-refractivity contribution is -0.128. The van der Waals surface area contributed by atoms with E-state index in [1.165, 1.54) is 6.07 Å². The summed E-state index contributed by atoms with van der Waals surface area (Å²) in [6.45, 7) is 13.6. The highest BCUT2D eigenvalue weighted by Gasteiger charge is 2.55. The molecular weight excluding hydrogens is 451 g/mol. The van der Waals surface area contributed by atoms with Crippen molar-refractivity contribution in [1.82, 2.24) is 15.0 Å². The number of hydrogen-bond donors (Lipinski definition) is 0. The van der Waals surface area contributed by atoms with Crippen LogP contribution in [-0.2, 0) is 16.6 Å². The number of halogens is 1. The van der Waals surface area contributed by atoms with E-state index in [1.807, 2.05) is 32.0 Å². The largest absolute Gasteiger partial charge is 0.307 e. The molecule has 2 aromatic heterocycles. The molecule has 0 aliphatic heterocycles. The summed E-state index contributed by atoms with van der Waals surface area (Å²) in [6.07, 6.45) is 7.24. The summed E-state index contributed by atoms with van der Waals surface area (Å²) in [5.41, 5.74) is 3.37. The highest BCUT2D eigenvalue weighted by atomic mass is 19.1. The molecular formula is C30H27FN4O. The summed E-state index contributed by atoms with van der Waals surface area (Å²) < 4.78 is 15.1. The molecule has 5 nitrogen and oxygen atoms in total.